The van der Waals surface area contributed by atoms with Gasteiger partial charge in [0.05, 0.1) is 12.8 Å². The number of fused-ring (bicyclic) bond motifs is 1. The molecule has 0 unspecified atom stereocenters. The first-order valence-electron chi connectivity index (χ1n) is 6.17. The van der Waals surface area contributed by atoms with Crippen molar-refractivity contribution in [1.82, 2.24) is 15.1 Å². The molecule has 4 heteroatoms. The third kappa shape index (κ3) is 1.88. The van der Waals surface area contributed by atoms with Gasteiger partial charge in [-0.1, -0.05) is 0 Å². The van der Waals surface area contributed by atoms with Gasteiger partial charge in [-0.25, -0.2) is 0 Å². The van der Waals surface area contributed by atoms with Crippen molar-refractivity contribution in [2.75, 3.05) is 20.7 Å². The number of hydrogen-bond acceptors (Lipinski definition) is 3. The molecular formula is C14H17N3O. The first-order chi connectivity index (χ1) is 8.78. The van der Waals surface area contributed by atoms with Crippen LogP contribution >= 0.6 is 0 Å². The molecule has 2 heterocycles. The molecule has 1 aliphatic rings. The first kappa shape index (κ1) is 11.3. The maximum Gasteiger partial charge on any atom is 0.118 e. The molecule has 0 bridgehead atoms. The molecule has 0 atom stereocenters. The van der Waals surface area contributed by atoms with Crippen molar-refractivity contribution in [3.63, 3.8) is 0 Å². The predicted octanol–water partition coefficient (Wildman–Crippen LogP) is 2.07. The summed E-state index contributed by atoms with van der Waals surface area (Å²) in [5.74, 6) is 0.875. The van der Waals surface area contributed by atoms with E-state index in [2.05, 4.69) is 34.3 Å². The number of aromatic nitrogens is 2. The third-order valence-electron chi connectivity index (χ3n) is 3.49. The summed E-state index contributed by atoms with van der Waals surface area (Å²) in [6.07, 6.45) is 1.05. The van der Waals surface area contributed by atoms with Gasteiger partial charge in [-0.05, 0) is 31.3 Å². The highest BCUT2D eigenvalue weighted by molar-refractivity contribution is 5.65. The smallest absolute Gasteiger partial charge is 0.118 e. The zero-order valence-electron chi connectivity index (χ0n) is 10.7. The number of nitrogens with zero attached hydrogens (tertiary/aromatic N) is 2. The van der Waals surface area contributed by atoms with E-state index in [1.165, 1.54) is 11.3 Å². The number of H-pyrrole nitrogens is 1. The van der Waals surface area contributed by atoms with Crippen molar-refractivity contribution in [2.45, 2.75) is 13.0 Å². The van der Waals surface area contributed by atoms with E-state index >= 15 is 0 Å². The standard InChI is InChI=1S/C14H17N3O/c1-17-8-7-13-12(9-17)14(16-15-13)10-3-5-11(18-2)6-4-10/h3-6H,7-9H2,1-2H3,(H,15,16). The number of hydrogen-bond donors (Lipinski definition) is 1. The molecule has 0 amide bonds. The summed E-state index contributed by atoms with van der Waals surface area (Å²) in [6.45, 7) is 2.06. The van der Waals surface area contributed by atoms with Crippen LogP contribution < -0.4 is 4.74 Å². The van der Waals surface area contributed by atoms with Crippen molar-refractivity contribution in [2.24, 2.45) is 0 Å². The van der Waals surface area contributed by atoms with Gasteiger partial charge in [-0.2, -0.15) is 5.10 Å². The lowest BCUT2D eigenvalue weighted by Gasteiger charge is -2.22. The Balaban J connectivity index is 1.98. The first-order valence-corrected chi connectivity index (χ1v) is 6.17. The fraction of sp³-hybridized carbons (Fsp3) is 0.357. The molecule has 0 spiro atoms. The molecule has 3 rings (SSSR count). The summed E-state index contributed by atoms with van der Waals surface area (Å²) in [6, 6.07) is 8.07. The highest BCUT2D eigenvalue weighted by Gasteiger charge is 2.20. The molecule has 0 aliphatic carbocycles. The Morgan fingerprint density at radius 1 is 1.28 bits per heavy atom. The second kappa shape index (κ2) is 4.46. The number of methoxy groups -OCH3 is 1. The van der Waals surface area contributed by atoms with Crippen LogP contribution in [0.1, 0.15) is 11.3 Å². The van der Waals surface area contributed by atoms with E-state index in [0.717, 1.165) is 36.5 Å². The number of aromatic amines is 1. The minimum Gasteiger partial charge on any atom is -0.497 e. The van der Waals surface area contributed by atoms with E-state index in [4.69, 9.17) is 4.74 Å². The van der Waals surface area contributed by atoms with Crippen LogP contribution in [0.4, 0.5) is 0 Å². The quantitative estimate of drug-likeness (QED) is 0.878. The SMILES string of the molecule is COc1ccc(-c2n[nH]c3c2CN(C)CC3)cc1. The van der Waals surface area contributed by atoms with Crippen molar-refractivity contribution in [3.8, 4) is 17.0 Å². The zero-order chi connectivity index (χ0) is 12.5. The van der Waals surface area contributed by atoms with Gasteiger partial charge in [0.1, 0.15) is 5.75 Å². The maximum atomic E-state index is 5.18. The van der Waals surface area contributed by atoms with E-state index in [-0.39, 0.29) is 0 Å². The Kier molecular flexibility index (Phi) is 2.80. The molecule has 94 valence electrons. The minimum atomic E-state index is 0.875. The molecule has 0 saturated heterocycles. The van der Waals surface area contributed by atoms with Crippen LogP contribution in [0, 0.1) is 0 Å². The van der Waals surface area contributed by atoms with Gasteiger partial charge in [-0.15, -0.1) is 0 Å². The fourth-order valence-corrected chi connectivity index (χ4v) is 2.42. The molecular weight excluding hydrogens is 226 g/mol. The fourth-order valence-electron chi connectivity index (χ4n) is 2.42. The summed E-state index contributed by atoms with van der Waals surface area (Å²) >= 11 is 0. The average Bonchev–Trinajstić information content (AvgIpc) is 2.82. The van der Waals surface area contributed by atoms with E-state index in [1.807, 2.05) is 12.1 Å². The minimum absolute atomic E-state index is 0.875. The van der Waals surface area contributed by atoms with Crippen LogP contribution in [0.3, 0.4) is 0 Å². The van der Waals surface area contributed by atoms with Gasteiger partial charge < -0.3 is 9.64 Å². The van der Waals surface area contributed by atoms with Gasteiger partial charge in [0.2, 0.25) is 0 Å². The van der Waals surface area contributed by atoms with E-state index in [1.54, 1.807) is 7.11 Å². The molecule has 2 aromatic rings. The lowest BCUT2D eigenvalue weighted by atomic mass is 10.0. The Labute approximate surface area is 107 Å². The summed E-state index contributed by atoms with van der Waals surface area (Å²) in [7, 11) is 3.83. The number of likely N-dealkylation sites (N-methyl/N-ethyl adjacent to an activating group) is 1. The van der Waals surface area contributed by atoms with Gasteiger partial charge in [-0.3, -0.25) is 5.10 Å². The number of ether oxygens (including phenoxy) is 1. The summed E-state index contributed by atoms with van der Waals surface area (Å²) in [4.78, 5) is 2.32. The molecule has 1 N–H and O–H groups in total. The predicted molar refractivity (Wildman–Crippen MR) is 70.6 cm³/mol. The van der Waals surface area contributed by atoms with Gasteiger partial charge in [0.25, 0.3) is 0 Å². The third-order valence-corrected chi connectivity index (χ3v) is 3.49. The summed E-state index contributed by atoms with van der Waals surface area (Å²) in [5.41, 5.74) is 4.82. The van der Waals surface area contributed by atoms with Crippen molar-refractivity contribution in [3.05, 3.63) is 35.5 Å². The summed E-state index contributed by atoms with van der Waals surface area (Å²) in [5, 5.41) is 7.63. The second-order valence-electron chi connectivity index (χ2n) is 4.75. The van der Waals surface area contributed by atoms with Crippen LogP contribution in [-0.2, 0) is 13.0 Å². The Morgan fingerprint density at radius 2 is 2.06 bits per heavy atom. The van der Waals surface area contributed by atoms with E-state index < -0.39 is 0 Å². The van der Waals surface area contributed by atoms with Crippen LogP contribution in [0.15, 0.2) is 24.3 Å². The van der Waals surface area contributed by atoms with E-state index in [9.17, 15) is 0 Å². The molecule has 1 aromatic carbocycles. The van der Waals surface area contributed by atoms with Crippen molar-refractivity contribution < 1.29 is 4.74 Å². The van der Waals surface area contributed by atoms with E-state index in [0.29, 0.717) is 0 Å². The van der Waals surface area contributed by atoms with Crippen molar-refractivity contribution >= 4 is 0 Å². The molecule has 0 saturated carbocycles. The lowest BCUT2D eigenvalue weighted by Crippen LogP contribution is -2.26. The van der Waals surface area contributed by atoms with Crippen LogP contribution in [0.25, 0.3) is 11.3 Å². The number of benzene rings is 1. The molecule has 1 aromatic heterocycles. The van der Waals surface area contributed by atoms with Crippen LogP contribution in [-0.4, -0.2) is 35.8 Å². The van der Waals surface area contributed by atoms with Gasteiger partial charge >= 0.3 is 0 Å². The zero-order valence-corrected chi connectivity index (χ0v) is 10.7. The number of nitrogens with one attached hydrogen (secondary N) is 1. The Bertz CT molecular complexity index is 545. The normalized spacial score (nSPS) is 15.4. The molecule has 0 fully saturated rings. The Morgan fingerprint density at radius 3 is 2.78 bits per heavy atom. The maximum absolute atomic E-state index is 5.18. The lowest BCUT2D eigenvalue weighted by molar-refractivity contribution is 0.312. The molecule has 0 radical (unpaired) electrons. The topological polar surface area (TPSA) is 41.1 Å². The second-order valence-corrected chi connectivity index (χ2v) is 4.75. The van der Waals surface area contributed by atoms with Crippen LogP contribution in [0.2, 0.25) is 0 Å². The van der Waals surface area contributed by atoms with Gasteiger partial charge in [0, 0.05) is 36.3 Å². The summed E-state index contributed by atoms with van der Waals surface area (Å²) < 4.78 is 5.18. The molecule has 18 heavy (non-hydrogen) atoms. The van der Waals surface area contributed by atoms with Gasteiger partial charge in [0.15, 0.2) is 0 Å². The highest BCUT2D eigenvalue weighted by Crippen LogP contribution is 2.28. The molecule has 1 aliphatic heterocycles. The van der Waals surface area contributed by atoms with Crippen molar-refractivity contribution in [1.29, 1.82) is 0 Å². The monoisotopic (exact) mass is 243 g/mol. The number of rotatable bonds is 2. The Hall–Kier alpha value is -1.81. The highest BCUT2D eigenvalue weighted by atomic mass is 16.5. The van der Waals surface area contributed by atoms with Crippen LogP contribution in [0.5, 0.6) is 5.75 Å². The molecule has 4 nitrogen and oxygen atoms in total. The largest absolute Gasteiger partial charge is 0.497 e. The average molecular weight is 243 g/mol.